The van der Waals surface area contributed by atoms with Gasteiger partial charge in [0.15, 0.2) is 6.10 Å². The van der Waals surface area contributed by atoms with E-state index in [9.17, 15) is 4.79 Å². The summed E-state index contributed by atoms with van der Waals surface area (Å²) in [5.74, 6) is -0.370. The molecule has 4 nitrogen and oxygen atoms in total. The lowest BCUT2D eigenvalue weighted by Gasteiger charge is -2.17. The Labute approximate surface area is 142 Å². The van der Waals surface area contributed by atoms with Gasteiger partial charge in [0.1, 0.15) is 0 Å². The number of aliphatic carboxylic acids is 1. The molecule has 4 heteroatoms. The third-order valence-electron chi connectivity index (χ3n) is 3.58. The zero-order valence-corrected chi connectivity index (χ0v) is 14.1. The first kappa shape index (κ1) is 17.7. The van der Waals surface area contributed by atoms with Crippen LogP contribution in [0.25, 0.3) is 0 Å². The fourth-order valence-electron chi connectivity index (χ4n) is 2.40. The second-order valence-electron chi connectivity index (χ2n) is 6.18. The fraction of sp³-hybridized carbons (Fsp3) is 0.300. The Hall–Kier alpha value is -2.62. The zero-order valence-electron chi connectivity index (χ0n) is 14.1. The van der Waals surface area contributed by atoms with E-state index in [1.807, 2.05) is 54.6 Å². The lowest BCUT2D eigenvalue weighted by atomic mass is 9.98. The molecule has 1 N–H and O–H groups in total. The summed E-state index contributed by atoms with van der Waals surface area (Å²) in [6, 6.07) is 17.3. The smallest absolute Gasteiger partial charge is 0.307 e. The lowest BCUT2D eigenvalue weighted by molar-refractivity contribution is -0.136. The van der Waals surface area contributed by atoms with E-state index < -0.39 is 5.97 Å². The average Bonchev–Trinajstić information content (AvgIpc) is 2.55. The molecule has 0 amide bonds. The fourth-order valence-corrected chi connectivity index (χ4v) is 2.40. The van der Waals surface area contributed by atoms with Crippen LogP contribution < -0.4 is 0 Å². The molecule has 0 aliphatic carbocycles. The number of carbonyl (C=O) groups is 1. The molecule has 126 valence electrons. The van der Waals surface area contributed by atoms with Crippen molar-refractivity contribution < 1.29 is 14.7 Å². The summed E-state index contributed by atoms with van der Waals surface area (Å²) in [6.45, 7) is 4.27. The van der Waals surface area contributed by atoms with Gasteiger partial charge in [0.25, 0.3) is 0 Å². The highest BCUT2D eigenvalue weighted by atomic mass is 16.6. The summed E-state index contributed by atoms with van der Waals surface area (Å²) >= 11 is 0. The van der Waals surface area contributed by atoms with Crippen LogP contribution >= 0.6 is 0 Å². The lowest BCUT2D eigenvalue weighted by Crippen LogP contribution is -2.06. The van der Waals surface area contributed by atoms with Crippen molar-refractivity contribution in [1.29, 1.82) is 0 Å². The SMILES string of the molecule is CC(C)CC(ON=Cc1ccccc1)c1ccc(CC(=O)O)cc1. The van der Waals surface area contributed by atoms with Gasteiger partial charge < -0.3 is 9.94 Å². The quantitative estimate of drug-likeness (QED) is 0.576. The Balaban J connectivity index is 2.07. The maximum atomic E-state index is 10.8. The molecule has 24 heavy (non-hydrogen) atoms. The van der Waals surface area contributed by atoms with Crippen molar-refractivity contribution in [3.8, 4) is 0 Å². The molecule has 0 aromatic heterocycles. The van der Waals surface area contributed by atoms with Gasteiger partial charge in [-0.1, -0.05) is 73.6 Å². The number of carboxylic acid groups (broad SMARTS) is 1. The molecule has 0 spiro atoms. The van der Waals surface area contributed by atoms with Crippen molar-refractivity contribution in [1.82, 2.24) is 0 Å². The minimum absolute atomic E-state index is 0.0299. The molecule has 0 heterocycles. The van der Waals surface area contributed by atoms with E-state index in [0.717, 1.165) is 23.1 Å². The average molecular weight is 325 g/mol. The first-order valence-electron chi connectivity index (χ1n) is 8.09. The normalized spacial score (nSPS) is 12.5. The standard InChI is InChI=1S/C20H23NO3/c1-15(2)12-19(24-21-14-17-6-4-3-5-7-17)18-10-8-16(9-11-18)13-20(22)23/h3-11,14-15,19H,12-13H2,1-2H3,(H,22,23). The van der Waals surface area contributed by atoms with Crippen LogP contribution in [0.2, 0.25) is 0 Å². The van der Waals surface area contributed by atoms with Gasteiger partial charge in [-0.2, -0.15) is 0 Å². The van der Waals surface area contributed by atoms with Gasteiger partial charge in [0.05, 0.1) is 12.6 Å². The number of hydrogen-bond donors (Lipinski definition) is 1. The molecule has 2 rings (SSSR count). The van der Waals surface area contributed by atoms with Gasteiger partial charge >= 0.3 is 5.97 Å². The van der Waals surface area contributed by atoms with E-state index in [1.165, 1.54) is 0 Å². The number of rotatable bonds is 8. The van der Waals surface area contributed by atoms with Crippen molar-refractivity contribution in [2.45, 2.75) is 32.8 Å². The number of oxime groups is 1. The number of benzene rings is 2. The highest BCUT2D eigenvalue weighted by molar-refractivity contribution is 5.78. The van der Waals surface area contributed by atoms with E-state index in [1.54, 1.807) is 6.21 Å². The topological polar surface area (TPSA) is 58.9 Å². The summed E-state index contributed by atoms with van der Waals surface area (Å²) in [7, 11) is 0. The molecule has 0 aliphatic rings. The van der Waals surface area contributed by atoms with Gasteiger partial charge in [-0.05, 0) is 29.0 Å². The van der Waals surface area contributed by atoms with Crippen LogP contribution in [-0.4, -0.2) is 17.3 Å². The summed E-state index contributed by atoms with van der Waals surface area (Å²) in [5, 5.41) is 13.0. The molecule has 1 atom stereocenters. The van der Waals surface area contributed by atoms with Gasteiger partial charge in [-0.15, -0.1) is 0 Å². The van der Waals surface area contributed by atoms with Gasteiger partial charge in [-0.3, -0.25) is 4.79 Å². The Morgan fingerprint density at radius 1 is 1.12 bits per heavy atom. The van der Waals surface area contributed by atoms with E-state index in [2.05, 4.69) is 19.0 Å². The van der Waals surface area contributed by atoms with Gasteiger partial charge in [0.2, 0.25) is 0 Å². The second kappa shape index (κ2) is 8.87. The van der Waals surface area contributed by atoms with E-state index in [0.29, 0.717) is 5.92 Å². The predicted octanol–water partition coefficient (Wildman–Crippen LogP) is 4.45. The summed E-state index contributed by atoms with van der Waals surface area (Å²) < 4.78 is 0. The Kier molecular flexibility index (Phi) is 6.55. The third kappa shape index (κ3) is 5.88. The first-order chi connectivity index (χ1) is 11.5. The second-order valence-corrected chi connectivity index (χ2v) is 6.18. The molecule has 0 fully saturated rings. The highest BCUT2D eigenvalue weighted by Crippen LogP contribution is 2.26. The van der Waals surface area contributed by atoms with Crippen molar-refractivity contribution >= 4 is 12.2 Å². The molecule has 0 radical (unpaired) electrons. The molecular formula is C20H23NO3. The molecule has 0 aliphatic heterocycles. The van der Waals surface area contributed by atoms with Gasteiger partial charge in [-0.25, -0.2) is 0 Å². The summed E-state index contributed by atoms with van der Waals surface area (Å²) in [6.07, 6.45) is 2.42. The van der Waals surface area contributed by atoms with Crippen molar-refractivity contribution in [3.05, 3.63) is 71.3 Å². The van der Waals surface area contributed by atoms with Gasteiger partial charge in [0, 0.05) is 0 Å². The third-order valence-corrected chi connectivity index (χ3v) is 3.58. The van der Waals surface area contributed by atoms with Crippen LogP contribution in [0.1, 0.15) is 43.1 Å². The zero-order chi connectivity index (χ0) is 17.4. The molecular weight excluding hydrogens is 302 g/mol. The minimum Gasteiger partial charge on any atom is -0.481 e. The monoisotopic (exact) mass is 325 g/mol. The molecule has 0 bridgehead atoms. The van der Waals surface area contributed by atoms with Crippen LogP contribution in [0.5, 0.6) is 0 Å². The maximum Gasteiger partial charge on any atom is 0.307 e. The number of hydrogen-bond acceptors (Lipinski definition) is 3. The summed E-state index contributed by atoms with van der Waals surface area (Å²) in [5.41, 5.74) is 2.77. The first-order valence-corrected chi connectivity index (χ1v) is 8.09. The molecule has 1 unspecified atom stereocenters. The maximum absolute atomic E-state index is 10.8. The van der Waals surface area contributed by atoms with E-state index in [4.69, 9.17) is 9.94 Å². The highest BCUT2D eigenvalue weighted by Gasteiger charge is 2.15. The Bertz CT molecular complexity index is 663. The van der Waals surface area contributed by atoms with Crippen LogP contribution in [0.15, 0.2) is 59.8 Å². The van der Waals surface area contributed by atoms with Crippen LogP contribution in [0.3, 0.4) is 0 Å². The molecule has 0 saturated heterocycles. The molecule has 2 aromatic rings. The Morgan fingerprint density at radius 3 is 2.38 bits per heavy atom. The number of nitrogens with zero attached hydrogens (tertiary/aromatic N) is 1. The van der Waals surface area contributed by atoms with Crippen LogP contribution in [0, 0.1) is 5.92 Å². The largest absolute Gasteiger partial charge is 0.481 e. The number of carboxylic acids is 1. The molecule has 0 saturated carbocycles. The van der Waals surface area contributed by atoms with E-state index >= 15 is 0 Å². The summed E-state index contributed by atoms with van der Waals surface area (Å²) in [4.78, 5) is 16.5. The van der Waals surface area contributed by atoms with Crippen LogP contribution in [-0.2, 0) is 16.1 Å². The predicted molar refractivity (Wildman–Crippen MR) is 95.1 cm³/mol. The van der Waals surface area contributed by atoms with Crippen molar-refractivity contribution in [3.63, 3.8) is 0 Å². The van der Waals surface area contributed by atoms with E-state index in [-0.39, 0.29) is 12.5 Å². The minimum atomic E-state index is -0.829. The van der Waals surface area contributed by atoms with Crippen molar-refractivity contribution in [2.75, 3.05) is 0 Å². The Morgan fingerprint density at radius 2 is 1.79 bits per heavy atom. The molecule has 2 aromatic carbocycles. The van der Waals surface area contributed by atoms with Crippen molar-refractivity contribution in [2.24, 2.45) is 11.1 Å². The van der Waals surface area contributed by atoms with Crippen LogP contribution in [0.4, 0.5) is 0 Å².